The van der Waals surface area contributed by atoms with Gasteiger partial charge >= 0.3 is 0 Å². The van der Waals surface area contributed by atoms with Crippen molar-refractivity contribution in [2.75, 3.05) is 0 Å². The zero-order chi connectivity index (χ0) is 13.4. The zero-order valence-electron chi connectivity index (χ0n) is 10.6. The Morgan fingerprint density at radius 3 is 2.68 bits per heavy atom. The lowest BCUT2D eigenvalue weighted by atomic mass is 9.97. The lowest BCUT2D eigenvalue weighted by molar-refractivity contribution is 0.883. The van der Waals surface area contributed by atoms with E-state index in [4.69, 9.17) is 17.3 Å². The van der Waals surface area contributed by atoms with E-state index in [-0.39, 0.29) is 6.04 Å². The van der Waals surface area contributed by atoms with E-state index in [0.29, 0.717) is 0 Å². The Morgan fingerprint density at radius 2 is 1.84 bits per heavy atom. The lowest BCUT2D eigenvalue weighted by Crippen LogP contribution is -2.12. The molecule has 2 N–H and O–H groups in total. The van der Waals surface area contributed by atoms with Gasteiger partial charge in [0.05, 0.1) is 6.04 Å². The summed E-state index contributed by atoms with van der Waals surface area (Å²) in [6, 6.07) is 14.2. The molecule has 0 saturated heterocycles. The molecule has 0 amide bonds. The molecule has 1 heterocycles. The number of halogens is 1. The minimum Gasteiger partial charge on any atom is -0.320 e. The molecule has 0 bridgehead atoms. The second-order valence-electron chi connectivity index (χ2n) is 4.64. The van der Waals surface area contributed by atoms with E-state index < -0.39 is 0 Å². The SMILES string of the molecule is Cc1cccc(C(N)c2csc3ccccc23)c1Cl. The van der Waals surface area contributed by atoms with E-state index in [1.807, 2.05) is 37.3 Å². The summed E-state index contributed by atoms with van der Waals surface area (Å²) in [5.41, 5.74) is 9.62. The quantitative estimate of drug-likeness (QED) is 0.712. The second kappa shape index (κ2) is 4.97. The summed E-state index contributed by atoms with van der Waals surface area (Å²) in [7, 11) is 0. The van der Waals surface area contributed by atoms with Crippen LogP contribution in [0.5, 0.6) is 0 Å². The van der Waals surface area contributed by atoms with Gasteiger partial charge in [0.15, 0.2) is 0 Å². The van der Waals surface area contributed by atoms with Crippen LogP contribution in [0.15, 0.2) is 47.8 Å². The lowest BCUT2D eigenvalue weighted by Gasteiger charge is -2.14. The molecular weight excluding hydrogens is 274 g/mol. The fraction of sp³-hybridized carbons (Fsp3) is 0.125. The maximum Gasteiger partial charge on any atom is 0.0580 e. The largest absolute Gasteiger partial charge is 0.320 e. The van der Waals surface area contributed by atoms with Crippen molar-refractivity contribution in [3.8, 4) is 0 Å². The predicted octanol–water partition coefficient (Wildman–Crippen LogP) is 4.91. The van der Waals surface area contributed by atoms with Gasteiger partial charge < -0.3 is 5.73 Å². The molecule has 3 rings (SSSR count). The molecule has 1 atom stereocenters. The fourth-order valence-corrected chi connectivity index (χ4v) is 3.56. The molecule has 3 heteroatoms. The Labute approximate surface area is 121 Å². The van der Waals surface area contributed by atoms with Crippen LogP contribution in [-0.2, 0) is 0 Å². The topological polar surface area (TPSA) is 26.0 Å². The molecular formula is C16H14ClNS. The van der Waals surface area contributed by atoms with Gasteiger partial charge in [-0.15, -0.1) is 11.3 Å². The molecule has 3 aromatic rings. The van der Waals surface area contributed by atoms with Gasteiger partial charge in [-0.2, -0.15) is 0 Å². The first-order valence-corrected chi connectivity index (χ1v) is 7.41. The Kier molecular flexibility index (Phi) is 3.31. The number of hydrogen-bond acceptors (Lipinski definition) is 2. The molecule has 0 fully saturated rings. The molecule has 0 aliphatic rings. The van der Waals surface area contributed by atoms with Crippen molar-refractivity contribution in [3.63, 3.8) is 0 Å². The normalized spacial score (nSPS) is 12.8. The highest BCUT2D eigenvalue weighted by atomic mass is 35.5. The average molecular weight is 288 g/mol. The monoisotopic (exact) mass is 287 g/mol. The van der Waals surface area contributed by atoms with Crippen LogP contribution in [0.1, 0.15) is 22.7 Å². The Hall–Kier alpha value is -1.35. The van der Waals surface area contributed by atoms with Gasteiger partial charge in [-0.1, -0.05) is 48.0 Å². The van der Waals surface area contributed by atoms with Crippen LogP contribution < -0.4 is 5.73 Å². The minimum absolute atomic E-state index is 0.177. The molecule has 1 aromatic heterocycles. The van der Waals surface area contributed by atoms with E-state index in [2.05, 4.69) is 17.5 Å². The van der Waals surface area contributed by atoms with E-state index in [0.717, 1.165) is 21.7 Å². The second-order valence-corrected chi connectivity index (χ2v) is 5.93. The van der Waals surface area contributed by atoms with Crippen molar-refractivity contribution in [1.82, 2.24) is 0 Å². The maximum absolute atomic E-state index is 6.42. The van der Waals surface area contributed by atoms with Gasteiger partial charge in [-0.25, -0.2) is 0 Å². The summed E-state index contributed by atoms with van der Waals surface area (Å²) in [6.07, 6.45) is 0. The van der Waals surface area contributed by atoms with Crippen LogP contribution in [-0.4, -0.2) is 0 Å². The van der Waals surface area contributed by atoms with E-state index >= 15 is 0 Å². The third kappa shape index (κ3) is 2.16. The van der Waals surface area contributed by atoms with Crippen molar-refractivity contribution in [2.45, 2.75) is 13.0 Å². The third-order valence-electron chi connectivity index (χ3n) is 3.40. The van der Waals surface area contributed by atoms with Crippen molar-refractivity contribution in [2.24, 2.45) is 5.73 Å². The summed E-state index contributed by atoms with van der Waals surface area (Å²) in [5.74, 6) is 0. The molecule has 19 heavy (non-hydrogen) atoms. The number of rotatable bonds is 2. The molecule has 0 saturated carbocycles. The van der Waals surface area contributed by atoms with Gasteiger partial charge in [0, 0.05) is 9.72 Å². The molecule has 0 aliphatic carbocycles. The van der Waals surface area contributed by atoms with Crippen molar-refractivity contribution in [3.05, 3.63) is 69.6 Å². The van der Waals surface area contributed by atoms with Gasteiger partial charge in [0.1, 0.15) is 0 Å². The molecule has 0 radical (unpaired) electrons. The summed E-state index contributed by atoms with van der Waals surface area (Å²) in [5, 5.41) is 4.12. The minimum atomic E-state index is -0.177. The zero-order valence-corrected chi connectivity index (χ0v) is 12.1. The average Bonchev–Trinajstić information content (AvgIpc) is 2.85. The fourth-order valence-electron chi connectivity index (χ4n) is 2.32. The van der Waals surface area contributed by atoms with Crippen LogP contribution in [0.3, 0.4) is 0 Å². The smallest absolute Gasteiger partial charge is 0.0580 e. The molecule has 0 aliphatic heterocycles. The number of fused-ring (bicyclic) bond motifs is 1. The van der Waals surface area contributed by atoms with Crippen LogP contribution in [0.25, 0.3) is 10.1 Å². The first-order chi connectivity index (χ1) is 9.18. The number of benzene rings is 2. The maximum atomic E-state index is 6.42. The molecule has 2 aromatic carbocycles. The Bertz CT molecular complexity index is 732. The first-order valence-electron chi connectivity index (χ1n) is 6.15. The van der Waals surface area contributed by atoms with Gasteiger partial charge in [0.2, 0.25) is 0 Å². The standard InChI is InChI=1S/C16H14ClNS/c1-10-5-4-7-12(15(10)17)16(18)13-9-19-14-8-3-2-6-11(13)14/h2-9,16H,18H2,1H3. The molecule has 1 nitrogen and oxygen atoms in total. The van der Waals surface area contributed by atoms with Crippen LogP contribution in [0.4, 0.5) is 0 Å². The summed E-state index contributed by atoms with van der Waals surface area (Å²) in [4.78, 5) is 0. The van der Waals surface area contributed by atoms with Gasteiger partial charge in [-0.3, -0.25) is 0 Å². The number of nitrogens with two attached hydrogens (primary N) is 1. The highest BCUT2D eigenvalue weighted by Crippen LogP contribution is 2.35. The van der Waals surface area contributed by atoms with Crippen molar-refractivity contribution >= 4 is 33.0 Å². The summed E-state index contributed by atoms with van der Waals surface area (Å²) in [6.45, 7) is 2.00. The van der Waals surface area contributed by atoms with Gasteiger partial charge in [0.25, 0.3) is 0 Å². The summed E-state index contributed by atoms with van der Waals surface area (Å²) < 4.78 is 1.26. The van der Waals surface area contributed by atoms with Gasteiger partial charge in [-0.05, 0) is 40.4 Å². The van der Waals surface area contributed by atoms with Crippen LogP contribution in [0, 0.1) is 6.92 Å². The molecule has 1 unspecified atom stereocenters. The number of hydrogen-bond donors (Lipinski definition) is 1. The van der Waals surface area contributed by atoms with Crippen molar-refractivity contribution < 1.29 is 0 Å². The van der Waals surface area contributed by atoms with E-state index in [1.54, 1.807) is 11.3 Å². The number of thiophene rings is 1. The molecule has 96 valence electrons. The third-order valence-corrected chi connectivity index (χ3v) is 4.90. The Balaban J connectivity index is 2.13. The molecule has 0 spiro atoms. The number of aryl methyl sites for hydroxylation is 1. The highest BCUT2D eigenvalue weighted by Gasteiger charge is 2.16. The van der Waals surface area contributed by atoms with Crippen molar-refractivity contribution in [1.29, 1.82) is 0 Å². The predicted molar refractivity (Wildman–Crippen MR) is 84.0 cm³/mol. The summed E-state index contributed by atoms with van der Waals surface area (Å²) >= 11 is 8.10. The Morgan fingerprint density at radius 1 is 1.05 bits per heavy atom. The highest BCUT2D eigenvalue weighted by molar-refractivity contribution is 7.17. The first kappa shape index (κ1) is 12.7. The van der Waals surface area contributed by atoms with Crippen LogP contribution >= 0.6 is 22.9 Å². The van der Waals surface area contributed by atoms with E-state index in [1.165, 1.54) is 10.1 Å². The van der Waals surface area contributed by atoms with Crippen LogP contribution in [0.2, 0.25) is 5.02 Å². The van der Waals surface area contributed by atoms with E-state index in [9.17, 15) is 0 Å².